The lowest BCUT2D eigenvalue weighted by Gasteiger charge is -2.21. The van der Waals surface area contributed by atoms with E-state index in [1.165, 1.54) is 18.9 Å². The van der Waals surface area contributed by atoms with Gasteiger partial charge in [0.1, 0.15) is 0 Å². The Hall–Kier alpha value is -1.36. The van der Waals surface area contributed by atoms with Crippen LogP contribution in [0.1, 0.15) is 29.6 Å². The molecule has 1 aromatic rings. The highest BCUT2D eigenvalue weighted by Crippen LogP contribution is 2.32. The summed E-state index contributed by atoms with van der Waals surface area (Å²) in [4.78, 5) is 10.8. The van der Waals surface area contributed by atoms with Crippen LogP contribution in [0.4, 0.5) is 11.4 Å². The molecule has 0 amide bonds. The van der Waals surface area contributed by atoms with Gasteiger partial charge in [0.15, 0.2) is 0 Å². The number of hydrogen-bond acceptors (Lipinski definition) is 4. The highest BCUT2D eigenvalue weighted by atomic mass is 32.2. The molecule has 1 fully saturated rings. The Balaban J connectivity index is 2.12. The number of carbonyl (C=O) groups is 1. The normalized spacial score (nSPS) is 22.9. The van der Waals surface area contributed by atoms with Crippen molar-refractivity contribution >= 4 is 29.1 Å². The standard InChI is InChI=1S/C13H18N2O2S/c1-18-12-4-2-3-11(12)15-10-6-5-8(13(16)17)7-9(10)14/h5-7,11-12,15H,2-4,14H2,1H3,(H,16,17). The molecule has 0 bridgehead atoms. The SMILES string of the molecule is CSC1CCCC1Nc1ccc(C(=O)O)cc1N. The summed E-state index contributed by atoms with van der Waals surface area (Å²) < 4.78 is 0. The van der Waals surface area contributed by atoms with Gasteiger partial charge in [-0.2, -0.15) is 11.8 Å². The van der Waals surface area contributed by atoms with Crippen LogP contribution in [0.5, 0.6) is 0 Å². The van der Waals surface area contributed by atoms with Gasteiger partial charge in [0, 0.05) is 11.3 Å². The summed E-state index contributed by atoms with van der Waals surface area (Å²) in [6.07, 6.45) is 5.73. The monoisotopic (exact) mass is 266 g/mol. The van der Waals surface area contributed by atoms with Crippen molar-refractivity contribution in [2.45, 2.75) is 30.6 Å². The molecule has 18 heavy (non-hydrogen) atoms. The number of benzene rings is 1. The summed E-state index contributed by atoms with van der Waals surface area (Å²) in [5.41, 5.74) is 7.46. The van der Waals surface area contributed by atoms with Gasteiger partial charge < -0.3 is 16.2 Å². The van der Waals surface area contributed by atoms with Crippen LogP contribution >= 0.6 is 11.8 Å². The fourth-order valence-corrected chi connectivity index (χ4v) is 3.34. The Morgan fingerprint density at radius 3 is 2.89 bits per heavy atom. The molecule has 2 rings (SSSR count). The predicted octanol–water partition coefficient (Wildman–Crippen LogP) is 2.66. The van der Waals surface area contributed by atoms with Crippen molar-refractivity contribution < 1.29 is 9.90 Å². The fourth-order valence-electron chi connectivity index (χ4n) is 2.40. The number of anilines is 2. The number of thioether (sulfide) groups is 1. The number of nitrogens with two attached hydrogens (primary N) is 1. The molecule has 1 aromatic carbocycles. The topological polar surface area (TPSA) is 75.3 Å². The van der Waals surface area contributed by atoms with Gasteiger partial charge in [-0.1, -0.05) is 6.42 Å². The van der Waals surface area contributed by atoms with Gasteiger partial charge in [0.2, 0.25) is 0 Å². The molecule has 2 unspecified atom stereocenters. The molecule has 98 valence electrons. The maximum Gasteiger partial charge on any atom is 0.335 e. The Morgan fingerprint density at radius 1 is 1.50 bits per heavy atom. The summed E-state index contributed by atoms with van der Waals surface area (Å²) >= 11 is 1.88. The zero-order valence-electron chi connectivity index (χ0n) is 10.3. The second-order valence-electron chi connectivity index (χ2n) is 4.56. The minimum absolute atomic E-state index is 0.228. The molecule has 0 radical (unpaired) electrons. The minimum atomic E-state index is -0.948. The highest BCUT2D eigenvalue weighted by Gasteiger charge is 2.26. The minimum Gasteiger partial charge on any atom is -0.478 e. The van der Waals surface area contributed by atoms with E-state index in [1.807, 2.05) is 11.8 Å². The van der Waals surface area contributed by atoms with E-state index in [9.17, 15) is 4.79 Å². The maximum atomic E-state index is 10.8. The molecule has 0 heterocycles. The second kappa shape index (κ2) is 5.52. The van der Waals surface area contributed by atoms with Gasteiger partial charge >= 0.3 is 5.97 Å². The van der Waals surface area contributed by atoms with Crippen LogP contribution in [0.15, 0.2) is 18.2 Å². The molecule has 1 aliphatic carbocycles. The van der Waals surface area contributed by atoms with Gasteiger partial charge in [0.05, 0.1) is 16.9 Å². The molecule has 5 heteroatoms. The van der Waals surface area contributed by atoms with Crippen LogP contribution in [0.25, 0.3) is 0 Å². The number of aromatic carboxylic acids is 1. The van der Waals surface area contributed by atoms with Gasteiger partial charge in [-0.25, -0.2) is 4.79 Å². The lowest BCUT2D eigenvalue weighted by Crippen LogP contribution is -2.26. The lowest BCUT2D eigenvalue weighted by atomic mass is 10.1. The molecule has 0 aliphatic heterocycles. The van der Waals surface area contributed by atoms with E-state index in [0.717, 1.165) is 12.1 Å². The zero-order chi connectivity index (χ0) is 13.1. The van der Waals surface area contributed by atoms with Crippen molar-refractivity contribution in [3.05, 3.63) is 23.8 Å². The van der Waals surface area contributed by atoms with Crippen molar-refractivity contribution in [3.8, 4) is 0 Å². The van der Waals surface area contributed by atoms with Crippen LogP contribution in [0.3, 0.4) is 0 Å². The molecule has 4 nitrogen and oxygen atoms in total. The second-order valence-corrected chi connectivity index (χ2v) is 5.64. The number of nitrogen functional groups attached to an aromatic ring is 1. The van der Waals surface area contributed by atoms with Crippen LogP contribution in [-0.4, -0.2) is 28.6 Å². The molecule has 1 aliphatic rings. The summed E-state index contributed by atoms with van der Waals surface area (Å²) in [5.74, 6) is -0.948. The number of nitrogens with one attached hydrogen (secondary N) is 1. The van der Waals surface area contributed by atoms with Crippen molar-refractivity contribution in [3.63, 3.8) is 0 Å². The van der Waals surface area contributed by atoms with E-state index in [-0.39, 0.29) is 5.56 Å². The van der Waals surface area contributed by atoms with Crippen LogP contribution in [0, 0.1) is 0 Å². The molecule has 4 N–H and O–H groups in total. The summed E-state index contributed by atoms with van der Waals surface area (Å²) in [7, 11) is 0. The van der Waals surface area contributed by atoms with Gasteiger partial charge in [-0.05, 0) is 37.3 Å². The molecule has 1 saturated carbocycles. The predicted molar refractivity (Wildman–Crippen MR) is 76.4 cm³/mol. The van der Waals surface area contributed by atoms with Crippen molar-refractivity contribution in [1.82, 2.24) is 0 Å². The number of carboxylic acids is 1. The number of carboxylic acid groups (broad SMARTS) is 1. The number of rotatable bonds is 4. The highest BCUT2D eigenvalue weighted by molar-refractivity contribution is 7.99. The number of hydrogen-bond donors (Lipinski definition) is 3. The molecule has 0 spiro atoms. The van der Waals surface area contributed by atoms with Crippen molar-refractivity contribution in [2.75, 3.05) is 17.3 Å². The Kier molecular flexibility index (Phi) is 4.01. The third-order valence-corrected chi connectivity index (χ3v) is 4.56. The fraction of sp³-hybridized carbons (Fsp3) is 0.462. The third-order valence-electron chi connectivity index (χ3n) is 3.39. The lowest BCUT2D eigenvalue weighted by molar-refractivity contribution is 0.0697. The maximum absolute atomic E-state index is 10.8. The van der Waals surface area contributed by atoms with E-state index in [2.05, 4.69) is 11.6 Å². The summed E-state index contributed by atoms with van der Waals surface area (Å²) in [6, 6.07) is 5.28. The van der Waals surface area contributed by atoms with E-state index in [4.69, 9.17) is 10.8 Å². The van der Waals surface area contributed by atoms with Crippen molar-refractivity contribution in [1.29, 1.82) is 0 Å². The first kappa shape index (κ1) is 13.1. The quantitative estimate of drug-likeness (QED) is 0.730. The summed E-state index contributed by atoms with van der Waals surface area (Å²) in [5, 5.41) is 12.9. The molecular formula is C13H18N2O2S. The van der Waals surface area contributed by atoms with Crippen LogP contribution in [-0.2, 0) is 0 Å². The molecule has 0 aromatic heterocycles. The first-order valence-corrected chi connectivity index (χ1v) is 7.32. The Morgan fingerprint density at radius 2 is 2.28 bits per heavy atom. The van der Waals surface area contributed by atoms with Gasteiger partial charge in [-0.3, -0.25) is 0 Å². The molecular weight excluding hydrogens is 248 g/mol. The van der Waals surface area contributed by atoms with Crippen LogP contribution < -0.4 is 11.1 Å². The first-order valence-electron chi connectivity index (χ1n) is 6.04. The molecule has 2 atom stereocenters. The molecule has 0 saturated heterocycles. The van der Waals surface area contributed by atoms with Gasteiger partial charge in [0.25, 0.3) is 0 Å². The first-order chi connectivity index (χ1) is 8.61. The Labute approximate surface area is 111 Å². The zero-order valence-corrected chi connectivity index (χ0v) is 11.2. The van der Waals surface area contributed by atoms with Crippen LogP contribution in [0.2, 0.25) is 0 Å². The third kappa shape index (κ3) is 2.72. The van der Waals surface area contributed by atoms with E-state index >= 15 is 0 Å². The van der Waals surface area contributed by atoms with E-state index in [0.29, 0.717) is 17.0 Å². The Bertz CT molecular complexity index is 451. The largest absolute Gasteiger partial charge is 0.478 e. The van der Waals surface area contributed by atoms with Crippen molar-refractivity contribution in [2.24, 2.45) is 0 Å². The van der Waals surface area contributed by atoms with E-state index in [1.54, 1.807) is 12.1 Å². The smallest absolute Gasteiger partial charge is 0.335 e. The average Bonchev–Trinajstić information content (AvgIpc) is 2.78. The average molecular weight is 266 g/mol. The summed E-state index contributed by atoms with van der Waals surface area (Å²) in [6.45, 7) is 0. The van der Waals surface area contributed by atoms with Gasteiger partial charge in [-0.15, -0.1) is 0 Å². The van der Waals surface area contributed by atoms with E-state index < -0.39 is 5.97 Å².